The third-order valence-corrected chi connectivity index (χ3v) is 5.04. The Morgan fingerprint density at radius 1 is 1.05 bits per heavy atom. The zero-order chi connectivity index (χ0) is 13.1. The Hall–Kier alpha value is -1.02. The topological polar surface area (TPSA) is 29.3 Å². The summed E-state index contributed by atoms with van der Waals surface area (Å²) in [6, 6.07) is 8.84. The average molecular weight is 258 g/mol. The number of hydrogen-bond acceptors (Lipinski definition) is 2. The highest BCUT2D eigenvalue weighted by Crippen LogP contribution is 2.38. The van der Waals surface area contributed by atoms with Gasteiger partial charge in [0.15, 0.2) is 0 Å². The van der Waals surface area contributed by atoms with Crippen molar-refractivity contribution in [2.24, 2.45) is 17.6 Å². The molecule has 0 aromatic heterocycles. The zero-order valence-corrected chi connectivity index (χ0v) is 11.9. The Morgan fingerprint density at radius 2 is 1.84 bits per heavy atom. The number of piperidine rings is 1. The molecule has 104 valence electrons. The standard InChI is InChI=1S/C17H26N2/c18-11-9-15-6-3-4-8-17(15)19-12-10-14-5-1-2-7-16(14)13-19/h3-4,6,8,14,16H,1-2,5,7,9-13,18H2. The predicted octanol–water partition coefficient (Wildman–Crippen LogP) is 3.20. The van der Waals surface area contributed by atoms with E-state index in [0.29, 0.717) is 0 Å². The highest BCUT2D eigenvalue weighted by atomic mass is 15.1. The monoisotopic (exact) mass is 258 g/mol. The van der Waals surface area contributed by atoms with Crippen LogP contribution >= 0.6 is 0 Å². The molecule has 2 N–H and O–H groups in total. The van der Waals surface area contributed by atoms with Gasteiger partial charge in [-0.2, -0.15) is 0 Å². The first-order chi connectivity index (χ1) is 9.38. The van der Waals surface area contributed by atoms with Gasteiger partial charge in [0.1, 0.15) is 0 Å². The number of hydrogen-bond donors (Lipinski definition) is 1. The van der Waals surface area contributed by atoms with Crippen LogP contribution < -0.4 is 10.6 Å². The van der Waals surface area contributed by atoms with E-state index in [4.69, 9.17) is 5.73 Å². The largest absolute Gasteiger partial charge is 0.371 e. The summed E-state index contributed by atoms with van der Waals surface area (Å²) in [5, 5.41) is 0. The highest BCUT2D eigenvalue weighted by Gasteiger charge is 2.31. The predicted molar refractivity (Wildman–Crippen MR) is 81.5 cm³/mol. The summed E-state index contributed by atoms with van der Waals surface area (Å²) >= 11 is 0. The van der Waals surface area contributed by atoms with Crippen LogP contribution in [0.4, 0.5) is 5.69 Å². The molecule has 0 radical (unpaired) electrons. The minimum absolute atomic E-state index is 0.747. The Labute approximate surface area is 117 Å². The van der Waals surface area contributed by atoms with Crippen LogP contribution in [0.15, 0.2) is 24.3 Å². The van der Waals surface area contributed by atoms with E-state index in [1.54, 1.807) is 0 Å². The molecule has 1 aromatic rings. The summed E-state index contributed by atoms with van der Waals surface area (Å²) in [4.78, 5) is 2.62. The molecule has 1 saturated carbocycles. The van der Waals surface area contributed by atoms with Gasteiger partial charge in [0, 0.05) is 18.8 Å². The van der Waals surface area contributed by atoms with Gasteiger partial charge in [0.05, 0.1) is 0 Å². The minimum atomic E-state index is 0.747. The Kier molecular flexibility index (Phi) is 4.07. The maximum atomic E-state index is 5.75. The van der Waals surface area contributed by atoms with Gasteiger partial charge in [0.2, 0.25) is 0 Å². The van der Waals surface area contributed by atoms with Crippen LogP contribution in [0.2, 0.25) is 0 Å². The van der Waals surface area contributed by atoms with Crippen LogP contribution in [0, 0.1) is 11.8 Å². The summed E-state index contributed by atoms with van der Waals surface area (Å²) in [5.41, 5.74) is 8.62. The number of para-hydroxylation sites is 1. The lowest BCUT2D eigenvalue weighted by Crippen LogP contribution is -2.42. The number of rotatable bonds is 3. The molecule has 1 saturated heterocycles. The molecule has 0 amide bonds. The molecule has 2 fully saturated rings. The van der Waals surface area contributed by atoms with Gasteiger partial charge in [0.25, 0.3) is 0 Å². The number of anilines is 1. The molecular weight excluding hydrogens is 232 g/mol. The van der Waals surface area contributed by atoms with Crippen LogP contribution in [0.5, 0.6) is 0 Å². The number of benzene rings is 1. The molecule has 1 aliphatic carbocycles. The summed E-state index contributed by atoms with van der Waals surface area (Å²) < 4.78 is 0. The molecule has 1 aromatic carbocycles. The summed E-state index contributed by atoms with van der Waals surface area (Å²) in [6.07, 6.45) is 8.22. The molecule has 19 heavy (non-hydrogen) atoms. The van der Waals surface area contributed by atoms with Crippen LogP contribution in [0.3, 0.4) is 0 Å². The molecule has 2 aliphatic rings. The molecule has 2 atom stereocenters. The third kappa shape index (κ3) is 2.79. The number of fused-ring (bicyclic) bond motifs is 1. The molecule has 2 nitrogen and oxygen atoms in total. The highest BCUT2D eigenvalue weighted by molar-refractivity contribution is 5.54. The fourth-order valence-electron chi connectivity index (χ4n) is 4.01. The first-order valence-corrected chi connectivity index (χ1v) is 7.91. The Bertz CT molecular complexity index is 415. The fraction of sp³-hybridized carbons (Fsp3) is 0.647. The van der Waals surface area contributed by atoms with Crippen molar-refractivity contribution in [3.8, 4) is 0 Å². The van der Waals surface area contributed by atoms with Crippen molar-refractivity contribution in [2.75, 3.05) is 24.5 Å². The third-order valence-electron chi connectivity index (χ3n) is 5.04. The smallest absolute Gasteiger partial charge is 0.0399 e. The first-order valence-electron chi connectivity index (χ1n) is 7.91. The Morgan fingerprint density at radius 3 is 2.68 bits per heavy atom. The number of nitrogens with zero attached hydrogens (tertiary/aromatic N) is 1. The number of nitrogens with two attached hydrogens (primary N) is 1. The van der Waals surface area contributed by atoms with Crippen molar-refractivity contribution in [3.63, 3.8) is 0 Å². The van der Waals surface area contributed by atoms with Crippen molar-refractivity contribution in [1.29, 1.82) is 0 Å². The van der Waals surface area contributed by atoms with Gasteiger partial charge in [-0.25, -0.2) is 0 Å². The maximum absolute atomic E-state index is 5.75. The van der Waals surface area contributed by atoms with Crippen molar-refractivity contribution < 1.29 is 0 Å². The molecule has 2 unspecified atom stereocenters. The van der Waals surface area contributed by atoms with Crippen molar-refractivity contribution in [3.05, 3.63) is 29.8 Å². The van der Waals surface area contributed by atoms with E-state index in [1.807, 2.05) is 0 Å². The second-order valence-electron chi connectivity index (χ2n) is 6.21. The molecule has 1 aliphatic heterocycles. The fourth-order valence-corrected chi connectivity index (χ4v) is 4.01. The molecule has 0 bridgehead atoms. The lowest BCUT2D eigenvalue weighted by molar-refractivity contribution is 0.202. The lowest BCUT2D eigenvalue weighted by atomic mass is 9.75. The quantitative estimate of drug-likeness (QED) is 0.902. The molecule has 1 heterocycles. The van der Waals surface area contributed by atoms with Gasteiger partial charge in [-0.1, -0.05) is 37.5 Å². The van der Waals surface area contributed by atoms with E-state index in [2.05, 4.69) is 29.2 Å². The van der Waals surface area contributed by atoms with E-state index in [1.165, 1.54) is 56.4 Å². The molecule has 0 spiro atoms. The van der Waals surface area contributed by atoms with Crippen molar-refractivity contribution in [2.45, 2.75) is 38.5 Å². The summed E-state index contributed by atoms with van der Waals surface area (Å²) in [6.45, 7) is 3.26. The van der Waals surface area contributed by atoms with E-state index >= 15 is 0 Å². The van der Waals surface area contributed by atoms with Gasteiger partial charge in [-0.15, -0.1) is 0 Å². The van der Waals surface area contributed by atoms with E-state index in [9.17, 15) is 0 Å². The van der Waals surface area contributed by atoms with Crippen LogP contribution in [-0.4, -0.2) is 19.6 Å². The minimum Gasteiger partial charge on any atom is -0.371 e. The zero-order valence-electron chi connectivity index (χ0n) is 11.9. The van der Waals surface area contributed by atoms with E-state index < -0.39 is 0 Å². The lowest BCUT2D eigenvalue weighted by Gasteiger charge is -2.43. The second kappa shape index (κ2) is 5.96. The summed E-state index contributed by atoms with van der Waals surface area (Å²) in [7, 11) is 0. The first kappa shape index (κ1) is 13.0. The normalized spacial score (nSPS) is 27.1. The van der Waals surface area contributed by atoms with Crippen LogP contribution in [-0.2, 0) is 6.42 Å². The van der Waals surface area contributed by atoms with Crippen molar-refractivity contribution in [1.82, 2.24) is 0 Å². The van der Waals surface area contributed by atoms with E-state index in [0.717, 1.165) is 24.8 Å². The molecule has 3 rings (SSSR count). The molecular formula is C17H26N2. The molecule has 2 heteroatoms. The van der Waals surface area contributed by atoms with Crippen LogP contribution in [0.25, 0.3) is 0 Å². The average Bonchev–Trinajstić information content (AvgIpc) is 2.48. The van der Waals surface area contributed by atoms with Gasteiger partial charge in [-0.05, 0) is 49.3 Å². The van der Waals surface area contributed by atoms with E-state index in [-0.39, 0.29) is 0 Å². The van der Waals surface area contributed by atoms with Gasteiger partial charge < -0.3 is 10.6 Å². The second-order valence-corrected chi connectivity index (χ2v) is 6.21. The SMILES string of the molecule is NCCc1ccccc1N1CCC2CCCCC2C1. The summed E-state index contributed by atoms with van der Waals surface area (Å²) in [5.74, 6) is 1.94. The maximum Gasteiger partial charge on any atom is 0.0399 e. The Balaban J connectivity index is 1.75. The van der Waals surface area contributed by atoms with Crippen molar-refractivity contribution >= 4 is 5.69 Å². The van der Waals surface area contributed by atoms with Crippen LogP contribution in [0.1, 0.15) is 37.7 Å². The van der Waals surface area contributed by atoms with Gasteiger partial charge >= 0.3 is 0 Å². The van der Waals surface area contributed by atoms with Gasteiger partial charge in [-0.3, -0.25) is 0 Å².